The highest BCUT2D eigenvalue weighted by Crippen LogP contribution is 2.20. The number of nitrogens with zero attached hydrogens (tertiary/aromatic N) is 2. The molecule has 0 spiro atoms. The fourth-order valence-electron chi connectivity index (χ4n) is 1.65. The van der Waals surface area contributed by atoms with Gasteiger partial charge in [0, 0.05) is 25.0 Å². The quantitative estimate of drug-likeness (QED) is 0.819. The van der Waals surface area contributed by atoms with Gasteiger partial charge in [-0.05, 0) is 24.1 Å². The summed E-state index contributed by atoms with van der Waals surface area (Å²) in [4.78, 5) is 15.2. The van der Waals surface area contributed by atoms with Gasteiger partial charge in [-0.3, -0.25) is 4.79 Å². The lowest BCUT2D eigenvalue weighted by molar-refractivity contribution is 0.112. The number of aldehydes is 1. The molecule has 0 radical (unpaired) electrons. The number of anilines is 2. The number of carbonyl (C=O) groups is 1. The Morgan fingerprint density at radius 2 is 2.29 bits per heavy atom. The summed E-state index contributed by atoms with van der Waals surface area (Å²) in [6.07, 6.45) is 5.35. The van der Waals surface area contributed by atoms with Crippen LogP contribution in [0.1, 0.15) is 22.8 Å². The van der Waals surface area contributed by atoms with E-state index in [1.165, 1.54) is 0 Å². The van der Waals surface area contributed by atoms with E-state index in [4.69, 9.17) is 0 Å². The van der Waals surface area contributed by atoms with Crippen molar-refractivity contribution < 1.29 is 4.79 Å². The Kier molecular flexibility index (Phi) is 3.23. The van der Waals surface area contributed by atoms with Crippen LogP contribution in [-0.2, 0) is 13.5 Å². The SMILES string of the molecule is CCc1ccc(Nc2nccn2C)c(C=O)c1. The van der Waals surface area contributed by atoms with E-state index < -0.39 is 0 Å². The summed E-state index contributed by atoms with van der Waals surface area (Å²) in [5.74, 6) is 0.720. The minimum Gasteiger partial charge on any atom is -0.325 e. The number of aryl methyl sites for hydroxylation is 2. The predicted octanol–water partition coefficient (Wildman–Crippen LogP) is 2.54. The molecule has 1 aromatic carbocycles. The second-order valence-electron chi connectivity index (χ2n) is 3.88. The summed E-state index contributed by atoms with van der Waals surface area (Å²) >= 11 is 0. The molecule has 4 nitrogen and oxygen atoms in total. The summed E-state index contributed by atoms with van der Waals surface area (Å²) in [6, 6.07) is 5.83. The summed E-state index contributed by atoms with van der Waals surface area (Å²) in [5, 5.41) is 3.14. The van der Waals surface area contributed by atoms with Gasteiger partial charge >= 0.3 is 0 Å². The maximum absolute atomic E-state index is 11.0. The Bertz CT molecular complexity index is 531. The summed E-state index contributed by atoms with van der Waals surface area (Å²) in [6.45, 7) is 2.07. The molecule has 4 heteroatoms. The van der Waals surface area contributed by atoms with E-state index in [-0.39, 0.29) is 0 Å². The Labute approximate surface area is 100 Å². The summed E-state index contributed by atoms with van der Waals surface area (Å²) < 4.78 is 1.86. The van der Waals surface area contributed by atoms with E-state index in [9.17, 15) is 4.79 Å². The molecule has 0 atom stereocenters. The minimum absolute atomic E-state index is 0.660. The molecule has 2 aromatic rings. The van der Waals surface area contributed by atoms with Crippen molar-refractivity contribution in [1.29, 1.82) is 0 Å². The van der Waals surface area contributed by atoms with Crippen LogP contribution in [0.4, 0.5) is 11.6 Å². The van der Waals surface area contributed by atoms with Gasteiger partial charge in [0.1, 0.15) is 0 Å². The molecule has 0 saturated carbocycles. The zero-order valence-electron chi connectivity index (χ0n) is 9.97. The topological polar surface area (TPSA) is 46.9 Å². The molecule has 1 N–H and O–H groups in total. The number of benzene rings is 1. The first-order valence-electron chi connectivity index (χ1n) is 5.57. The number of carbonyl (C=O) groups excluding carboxylic acids is 1. The van der Waals surface area contributed by atoms with Crippen LogP contribution in [0.3, 0.4) is 0 Å². The van der Waals surface area contributed by atoms with Crippen LogP contribution in [0.5, 0.6) is 0 Å². The Hall–Kier alpha value is -2.10. The van der Waals surface area contributed by atoms with E-state index in [1.807, 2.05) is 36.0 Å². The van der Waals surface area contributed by atoms with E-state index in [2.05, 4.69) is 17.2 Å². The maximum Gasteiger partial charge on any atom is 0.207 e. The molecular formula is C13H15N3O. The van der Waals surface area contributed by atoms with Crippen LogP contribution in [0, 0.1) is 0 Å². The van der Waals surface area contributed by atoms with Crippen molar-refractivity contribution in [1.82, 2.24) is 9.55 Å². The van der Waals surface area contributed by atoms with E-state index >= 15 is 0 Å². The van der Waals surface area contributed by atoms with Gasteiger partial charge in [-0.1, -0.05) is 13.0 Å². The highest BCUT2D eigenvalue weighted by atomic mass is 16.1. The second-order valence-corrected chi connectivity index (χ2v) is 3.88. The molecule has 0 aliphatic carbocycles. The molecule has 17 heavy (non-hydrogen) atoms. The zero-order valence-corrected chi connectivity index (χ0v) is 9.97. The maximum atomic E-state index is 11.0. The van der Waals surface area contributed by atoms with Crippen LogP contribution < -0.4 is 5.32 Å². The second kappa shape index (κ2) is 4.82. The van der Waals surface area contributed by atoms with Gasteiger partial charge in [0.05, 0.1) is 5.69 Å². The molecule has 0 fully saturated rings. The van der Waals surface area contributed by atoms with Crippen molar-refractivity contribution in [2.24, 2.45) is 7.05 Å². The smallest absolute Gasteiger partial charge is 0.207 e. The first-order valence-corrected chi connectivity index (χ1v) is 5.57. The van der Waals surface area contributed by atoms with Crippen molar-refractivity contribution in [3.05, 3.63) is 41.7 Å². The van der Waals surface area contributed by atoms with Crippen molar-refractivity contribution in [3.8, 4) is 0 Å². The highest BCUT2D eigenvalue weighted by molar-refractivity contribution is 5.85. The van der Waals surface area contributed by atoms with Gasteiger partial charge in [0.25, 0.3) is 0 Å². The lowest BCUT2D eigenvalue weighted by atomic mass is 10.1. The number of hydrogen-bond donors (Lipinski definition) is 1. The molecule has 0 aliphatic heterocycles. The van der Waals surface area contributed by atoms with E-state index in [0.29, 0.717) is 5.56 Å². The first-order chi connectivity index (χ1) is 8.24. The lowest BCUT2D eigenvalue weighted by Gasteiger charge is -2.09. The Morgan fingerprint density at radius 3 is 2.88 bits per heavy atom. The van der Waals surface area contributed by atoms with E-state index in [0.717, 1.165) is 29.9 Å². The number of rotatable bonds is 4. The molecule has 0 amide bonds. The standard InChI is InChI=1S/C13H15N3O/c1-3-10-4-5-12(11(8-10)9-17)15-13-14-6-7-16(13)2/h4-9H,3H2,1-2H3,(H,14,15). The van der Waals surface area contributed by atoms with Crippen molar-refractivity contribution in [2.45, 2.75) is 13.3 Å². The summed E-state index contributed by atoms with van der Waals surface area (Å²) in [7, 11) is 1.90. The van der Waals surface area contributed by atoms with Crippen LogP contribution in [0.2, 0.25) is 0 Å². The molecular weight excluding hydrogens is 214 g/mol. The molecule has 2 rings (SSSR count). The third-order valence-electron chi connectivity index (χ3n) is 2.72. The molecule has 1 aromatic heterocycles. The number of imidazole rings is 1. The largest absolute Gasteiger partial charge is 0.325 e. The monoisotopic (exact) mass is 229 g/mol. The van der Waals surface area contributed by atoms with Crippen LogP contribution in [0.15, 0.2) is 30.6 Å². The van der Waals surface area contributed by atoms with Gasteiger partial charge < -0.3 is 9.88 Å². The van der Waals surface area contributed by atoms with E-state index in [1.54, 1.807) is 6.20 Å². The normalized spacial score (nSPS) is 10.2. The third kappa shape index (κ3) is 2.36. The summed E-state index contributed by atoms with van der Waals surface area (Å²) in [5.41, 5.74) is 2.59. The highest BCUT2D eigenvalue weighted by Gasteiger charge is 2.05. The average molecular weight is 229 g/mol. The molecule has 0 saturated heterocycles. The molecule has 1 heterocycles. The molecule has 88 valence electrons. The van der Waals surface area contributed by atoms with Gasteiger partial charge in [-0.15, -0.1) is 0 Å². The molecule has 0 aliphatic rings. The van der Waals surface area contributed by atoms with Gasteiger partial charge in [0.2, 0.25) is 5.95 Å². The van der Waals surface area contributed by atoms with Crippen LogP contribution in [-0.4, -0.2) is 15.8 Å². The number of aromatic nitrogens is 2. The van der Waals surface area contributed by atoms with Crippen molar-refractivity contribution in [3.63, 3.8) is 0 Å². The predicted molar refractivity (Wildman–Crippen MR) is 67.7 cm³/mol. The van der Waals surface area contributed by atoms with Gasteiger partial charge in [-0.25, -0.2) is 4.98 Å². The fourth-order valence-corrected chi connectivity index (χ4v) is 1.65. The van der Waals surface area contributed by atoms with Crippen molar-refractivity contribution >= 4 is 17.9 Å². The Morgan fingerprint density at radius 1 is 1.47 bits per heavy atom. The minimum atomic E-state index is 0.660. The zero-order chi connectivity index (χ0) is 12.3. The first kappa shape index (κ1) is 11.4. The third-order valence-corrected chi connectivity index (χ3v) is 2.72. The molecule has 0 bridgehead atoms. The van der Waals surface area contributed by atoms with Crippen LogP contribution >= 0.6 is 0 Å². The Balaban J connectivity index is 2.33. The van der Waals surface area contributed by atoms with Gasteiger partial charge in [0.15, 0.2) is 6.29 Å². The number of hydrogen-bond acceptors (Lipinski definition) is 3. The van der Waals surface area contributed by atoms with Crippen LogP contribution in [0.25, 0.3) is 0 Å². The number of nitrogens with one attached hydrogen (secondary N) is 1. The van der Waals surface area contributed by atoms with Gasteiger partial charge in [-0.2, -0.15) is 0 Å². The lowest BCUT2D eigenvalue weighted by Crippen LogP contribution is -2.01. The van der Waals surface area contributed by atoms with Crippen molar-refractivity contribution in [2.75, 3.05) is 5.32 Å². The molecule has 0 unspecified atom stereocenters. The fraction of sp³-hybridized carbons (Fsp3) is 0.231. The average Bonchev–Trinajstić information content (AvgIpc) is 2.75.